The van der Waals surface area contributed by atoms with Crippen molar-refractivity contribution in [1.82, 2.24) is 10.6 Å². The van der Waals surface area contributed by atoms with Crippen molar-refractivity contribution < 1.29 is 44.5 Å². The summed E-state index contributed by atoms with van der Waals surface area (Å²) in [5.74, 6) is -9.39. The number of hydrogen-bond donors (Lipinski definition) is 2. The molecule has 2 N–H and O–H groups in total. The van der Waals surface area contributed by atoms with Gasteiger partial charge in [-0.3, -0.25) is 24.4 Å². The molecule has 1 saturated heterocycles. The van der Waals surface area contributed by atoms with Gasteiger partial charge in [-0.25, -0.2) is 13.6 Å². The molecule has 4 amide bonds. The molecule has 0 spiro atoms. The second-order valence-electron chi connectivity index (χ2n) is 4.23. The number of barbiturate groups is 1. The van der Waals surface area contributed by atoms with Crippen molar-refractivity contribution in [2.24, 2.45) is 5.92 Å². The Morgan fingerprint density at radius 2 is 1.64 bits per heavy atom. The zero-order valence-electron chi connectivity index (χ0n) is 10.6. The maximum Gasteiger partial charge on any atom is 0.331 e. The lowest BCUT2D eigenvalue weighted by Gasteiger charge is -2.20. The molecule has 0 unspecified atom stereocenters. The zero-order chi connectivity index (χ0) is 17.1. The standard InChI is InChI=1S/C9H10F4N2O6S/c10-7(11)9(12,13)3-21-22(19,20)2-1-4-5(16)14-8(18)15-6(4)17/h4,7H,1-3H2,(H2,14,15,16,17,18). The quantitative estimate of drug-likeness (QED) is 0.367. The van der Waals surface area contributed by atoms with E-state index in [1.54, 1.807) is 10.6 Å². The van der Waals surface area contributed by atoms with E-state index >= 15 is 0 Å². The van der Waals surface area contributed by atoms with Crippen LogP contribution in [0.3, 0.4) is 0 Å². The highest BCUT2D eigenvalue weighted by molar-refractivity contribution is 7.86. The third kappa shape index (κ3) is 4.91. The molecule has 0 aromatic heterocycles. The van der Waals surface area contributed by atoms with Crippen molar-refractivity contribution in [3.63, 3.8) is 0 Å². The first-order valence-electron chi connectivity index (χ1n) is 5.63. The van der Waals surface area contributed by atoms with Gasteiger partial charge in [0.1, 0.15) is 12.5 Å². The van der Waals surface area contributed by atoms with Gasteiger partial charge in [0, 0.05) is 0 Å². The highest BCUT2D eigenvalue weighted by Crippen LogP contribution is 2.24. The van der Waals surface area contributed by atoms with Gasteiger partial charge >= 0.3 is 18.4 Å². The molecule has 22 heavy (non-hydrogen) atoms. The van der Waals surface area contributed by atoms with E-state index in [2.05, 4.69) is 4.18 Å². The fraction of sp³-hybridized carbons (Fsp3) is 0.667. The van der Waals surface area contributed by atoms with Crippen LogP contribution < -0.4 is 10.6 Å². The third-order valence-corrected chi connectivity index (χ3v) is 3.73. The number of amides is 4. The largest absolute Gasteiger partial charge is 0.331 e. The molecule has 0 aliphatic carbocycles. The number of hydrogen-bond acceptors (Lipinski definition) is 6. The molecule has 1 rings (SSSR count). The van der Waals surface area contributed by atoms with E-state index in [0.29, 0.717) is 0 Å². The summed E-state index contributed by atoms with van der Waals surface area (Å²) in [5.41, 5.74) is 0. The molecule has 0 saturated carbocycles. The highest BCUT2D eigenvalue weighted by Gasteiger charge is 2.43. The fourth-order valence-electron chi connectivity index (χ4n) is 1.36. The topological polar surface area (TPSA) is 119 Å². The van der Waals surface area contributed by atoms with Gasteiger partial charge in [0.2, 0.25) is 11.8 Å². The number of imide groups is 2. The van der Waals surface area contributed by atoms with Gasteiger partial charge in [-0.1, -0.05) is 0 Å². The van der Waals surface area contributed by atoms with Crippen molar-refractivity contribution in [3.05, 3.63) is 0 Å². The number of alkyl halides is 4. The maximum atomic E-state index is 12.5. The lowest BCUT2D eigenvalue weighted by Crippen LogP contribution is -2.56. The first-order chi connectivity index (χ1) is 9.94. The van der Waals surface area contributed by atoms with Gasteiger partial charge in [0.15, 0.2) is 0 Å². The minimum atomic E-state index is -4.67. The van der Waals surface area contributed by atoms with Crippen LogP contribution in [0, 0.1) is 5.92 Å². The summed E-state index contributed by atoms with van der Waals surface area (Å²) in [6, 6.07) is -1.08. The number of rotatable bonds is 7. The van der Waals surface area contributed by atoms with E-state index in [9.17, 15) is 40.4 Å². The van der Waals surface area contributed by atoms with Crippen molar-refractivity contribution in [3.8, 4) is 0 Å². The average Bonchev–Trinajstić information content (AvgIpc) is 2.35. The Bertz CT molecular complexity index is 559. The van der Waals surface area contributed by atoms with Gasteiger partial charge in [-0.15, -0.1) is 0 Å². The van der Waals surface area contributed by atoms with E-state index in [0.717, 1.165) is 0 Å². The lowest BCUT2D eigenvalue weighted by atomic mass is 10.0. The second kappa shape index (κ2) is 6.56. The van der Waals surface area contributed by atoms with Crippen LogP contribution in [0.4, 0.5) is 22.4 Å². The number of urea groups is 1. The van der Waals surface area contributed by atoms with Gasteiger partial charge in [0.05, 0.1) is 5.75 Å². The van der Waals surface area contributed by atoms with Crippen LogP contribution in [0.25, 0.3) is 0 Å². The molecular formula is C9H10F4N2O6S. The third-order valence-electron chi connectivity index (χ3n) is 2.51. The van der Waals surface area contributed by atoms with E-state index in [4.69, 9.17) is 0 Å². The molecular weight excluding hydrogens is 340 g/mol. The van der Waals surface area contributed by atoms with Crippen LogP contribution >= 0.6 is 0 Å². The number of nitrogens with one attached hydrogen (secondary N) is 2. The van der Waals surface area contributed by atoms with E-state index in [1.165, 1.54) is 0 Å². The molecule has 1 heterocycles. The molecule has 1 aliphatic heterocycles. The Labute approximate surface area is 121 Å². The lowest BCUT2D eigenvalue weighted by molar-refractivity contribution is -0.147. The van der Waals surface area contributed by atoms with E-state index in [-0.39, 0.29) is 0 Å². The van der Waals surface area contributed by atoms with Crippen LogP contribution in [0.15, 0.2) is 0 Å². The minimum absolute atomic E-state index is 0.673. The molecule has 0 aromatic rings. The Morgan fingerprint density at radius 1 is 1.14 bits per heavy atom. The number of halogens is 4. The molecule has 1 aliphatic rings. The predicted octanol–water partition coefficient (Wildman–Crippen LogP) is -0.394. The number of carbonyl (C=O) groups is 3. The van der Waals surface area contributed by atoms with Gasteiger partial charge < -0.3 is 0 Å². The summed E-state index contributed by atoms with van der Waals surface area (Å²) in [5, 5.41) is 3.41. The molecule has 0 atom stereocenters. The second-order valence-corrected chi connectivity index (χ2v) is 5.99. The van der Waals surface area contributed by atoms with Crippen LogP contribution in [-0.4, -0.2) is 51.0 Å². The molecule has 0 radical (unpaired) electrons. The highest BCUT2D eigenvalue weighted by atomic mass is 32.2. The summed E-state index contributed by atoms with van der Waals surface area (Å²) in [4.78, 5) is 33.3. The van der Waals surface area contributed by atoms with Crippen LogP contribution in [0.1, 0.15) is 6.42 Å². The summed E-state index contributed by atoms with van der Waals surface area (Å²) in [7, 11) is -4.67. The number of carbonyl (C=O) groups excluding carboxylic acids is 3. The Kier molecular flexibility index (Phi) is 5.45. The van der Waals surface area contributed by atoms with Crippen LogP contribution in [0.2, 0.25) is 0 Å². The monoisotopic (exact) mass is 350 g/mol. The summed E-state index contributed by atoms with van der Waals surface area (Å²) in [6.07, 6.45) is -4.78. The first-order valence-corrected chi connectivity index (χ1v) is 7.21. The predicted molar refractivity (Wildman–Crippen MR) is 60.5 cm³/mol. The smallest absolute Gasteiger partial charge is 0.277 e. The Morgan fingerprint density at radius 3 is 2.09 bits per heavy atom. The molecule has 13 heteroatoms. The molecule has 0 aromatic carbocycles. The van der Waals surface area contributed by atoms with Crippen LogP contribution in [0.5, 0.6) is 0 Å². The van der Waals surface area contributed by atoms with E-state index < -0.39 is 65.0 Å². The molecule has 0 bridgehead atoms. The molecule has 126 valence electrons. The van der Waals surface area contributed by atoms with Crippen molar-refractivity contribution >= 4 is 28.0 Å². The van der Waals surface area contributed by atoms with Crippen LogP contribution in [-0.2, 0) is 23.9 Å². The van der Waals surface area contributed by atoms with Crippen molar-refractivity contribution in [2.75, 3.05) is 12.4 Å². The Balaban J connectivity index is 2.57. The maximum absolute atomic E-state index is 12.5. The van der Waals surface area contributed by atoms with E-state index in [1.807, 2.05) is 0 Å². The SMILES string of the molecule is O=C1NC(=O)C(CCS(=O)(=O)OCC(F)(F)C(F)F)C(=O)N1. The normalized spacial score (nSPS) is 17.6. The van der Waals surface area contributed by atoms with Gasteiger partial charge in [-0.05, 0) is 6.42 Å². The summed E-state index contributed by atoms with van der Waals surface area (Å²) < 4.78 is 75.1. The zero-order valence-corrected chi connectivity index (χ0v) is 11.5. The molecule has 1 fully saturated rings. The minimum Gasteiger partial charge on any atom is -0.277 e. The van der Waals surface area contributed by atoms with Gasteiger partial charge in [-0.2, -0.15) is 17.2 Å². The van der Waals surface area contributed by atoms with Crippen molar-refractivity contribution in [2.45, 2.75) is 18.8 Å². The van der Waals surface area contributed by atoms with Crippen molar-refractivity contribution in [1.29, 1.82) is 0 Å². The summed E-state index contributed by atoms with van der Waals surface area (Å²) >= 11 is 0. The average molecular weight is 350 g/mol. The Hall–Kier alpha value is -1.76. The van der Waals surface area contributed by atoms with Gasteiger partial charge in [0.25, 0.3) is 10.1 Å². The fourth-order valence-corrected chi connectivity index (χ4v) is 2.34. The first kappa shape index (κ1) is 18.3. The molecule has 8 nitrogen and oxygen atoms in total. The summed E-state index contributed by atoms with van der Waals surface area (Å²) in [6.45, 7) is -2.06.